The summed E-state index contributed by atoms with van der Waals surface area (Å²) in [5.74, 6) is 1.44. The Morgan fingerprint density at radius 1 is 0.724 bits per heavy atom. The fourth-order valence-corrected chi connectivity index (χ4v) is 4.08. The van der Waals surface area contributed by atoms with Crippen LogP contribution >= 0.6 is 0 Å². The van der Waals surface area contributed by atoms with Crippen molar-refractivity contribution in [2.24, 2.45) is 5.92 Å². The lowest BCUT2D eigenvalue weighted by Crippen LogP contribution is -2.10. The normalized spacial score (nSPS) is 13.7. The minimum atomic E-state index is 0.0989. The molecule has 0 saturated heterocycles. The molecule has 1 heteroatoms. The summed E-state index contributed by atoms with van der Waals surface area (Å²) in [5, 5.41) is 9.15. The quantitative estimate of drug-likeness (QED) is 0.269. The fourth-order valence-electron chi connectivity index (χ4n) is 4.08. The smallest absolute Gasteiger partial charge is 0.0681 e. The summed E-state index contributed by atoms with van der Waals surface area (Å²) in [6, 6.07) is 17.3. The van der Waals surface area contributed by atoms with Crippen LogP contribution in [0.1, 0.15) is 100 Å². The summed E-state index contributed by atoms with van der Waals surface area (Å²) in [4.78, 5) is 0. The Balaban J connectivity index is 2.01. The maximum absolute atomic E-state index is 9.15. The first-order chi connectivity index (χ1) is 14.2. The molecule has 0 aliphatic carbocycles. The number of hydrogen-bond acceptors (Lipinski definition) is 1. The second-order valence-electron chi connectivity index (χ2n) is 8.48. The van der Waals surface area contributed by atoms with Gasteiger partial charge in [0.05, 0.1) is 6.61 Å². The van der Waals surface area contributed by atoms with Crippen molar-refractivity contribution in [1.29, 1.82) is 0 Å². The molecule has 0 amide bonds. The molecule has 2 rings (SSSR count). The van der Waals surface area contributed by atoms with Crippen LogP contribution in [0, 0.1) is 5.92 Å². The Kier molecular flexibility index (Phi) is 10.8. The predicted molar refractivity (Wildman–Crippen MR) is 128 cm³/mol. The van der Waals surface area contributed by atoms with Gasteiger partial charge in [-0.15, -0.1) is 0 Å². The summed E-state index contributed by atoms with van der Waals surface area (Å²) < 4.78 is 0. The molecule has 0 aliphatic heterocycles. The van der Waals surface area contributed by atoms with E-state index in [0.717, 1.165) is 17.0 Å². The largest absolute Gasteiger partial charge is 0.392 e. The summed E-state index contributed by atoms with van der Waals surface area (Å²) in [7, 11) is 0. The molecule has 29 heavy (non-hydrogen) atoms. The van der Waals surface area contributed by atoms with E-state index in [1.54, 1.807) is 0 Å². The van der Waals surface area contributed by atoms with Gasteiger partial charge in [-0.25, -0.2) is 0 Å². The fraction of sp³-hybridized carbons (Fsp3) is 0.500. The van der Waals surface area contributed by atoms with Gasteiger partial charge in [-0.3, -0.25) is 0 Å². The van der Waals surface area contributed by atoms with Gasteiger partial charge in [-0.1, -0.05) is 126 Å². The van der Waals surface area contributed by atoms with Gasteiger partial charge in [0.25, 0.3) is 0 Å². The summed E-state index contributed by atoms with van der Waals surface area (Å²) >= 11 is 0. The van der Waals surface area contributed by atoms with E-state index in [1.165, 1.54) is 62.5 Å². The molecule has 0 radical (unpaired) electrons. The molecular weight excluding hydrogens is 352 g/mol. The lowest BCUT2D eigenvalue weighted by atomic mass is 9.80. The zero-order chi connectivity index (χ0) is 20.9. The predicted octanol–water partition coefficient (Wildman–Crippen LogP) is 8.23. The summed E-state index contributed by atoms with van der Waals surface area (Å²) in [6.45, 7) is 7.13. The lowest BCUT2D eigenvalue weighted by molar-refractivity contribution is 0.282. The number of hydrogen-bond donors (Lipinski definition) is 1. The highest BCUT2D eigenvalue weighted by Crippen LogP contribution is 2.33. The van der Waals surface area contributed by atoms with Crippen LogP contribution in [0.3, 0.4) is 0 Å². The zero-order valence-electron chi connectivity index (χ0n) is 18.7. The van der Waals surface area contributed by atoms with Gasteiger partial charge < -0.3 is 5.11 Å². The Hall–Kier alpha value is -1.86. The standard InChI is InChI=1S/C28H40O/c1-4-6-8-9-10-23(3)28(11-7-5-2)27-20-18-25(19-21-27)13-12-24-14-16-26(22-29)17-15-24/h12-21,23,28-29H,4-11,22H2,1-3H3/b13-12+. The molecule has 0 spiro atoms. The number of rotatable bonds is 13. The van der Waals surface area contributed by atoms with Crippen molar-refractivity contribution in [2.75, 3.05) is 0 Å². The van der Waals surface area contributed by atoms with Gasteiger partial charge in [-0.05, 0) is 40.5 Å². The van der Waals surface area contributed by atoms with E-state index in [4.69, 9.17) is 5.11 Å². The Labute approximate surface area is 178 Å². The highest BCUT2D eigenvalue weighted by Gasteiger charge is 2.18. The van der Waals surface area contributed by atoms with Crippen LogP contribution in [0.5, 0.6) is 0 Å². The summed E-state index contributed by atoms with van der Waals surface area (Å²) in [5.41, 5.74) is 4.86. The molecule has 1 nitrogen and oxygen atoms in total. The minimum absolute atomic E-state index is 0.0989. The van der Waals surface area contributed by atoms with Gasteiger partial charge in [0.1, 0.15) is 0 Å². The zero-order valence-corrected chi connectivity index (χ0v) is 18.7. The second kappa shape index (κ2) is 13.4. The van der Waals surface area contributed by atoms with Crippen LogP contribution in [0.2, 0.25) is 0 Å². The summed E-state index contributed by atoms with van der Waals surface area (Å²) in [6.07, 6.45) is 15.0. The molecule has 0 fully saturated rings. The molecule has 2 unspecified atom stereocenters. The van der Waals surface area contributed by atoms with Gasteiger partial charge >= 0.3 is 0 Å². The van der Waals surface area contributed by atoms with Crippen molar-refractivity contribution in [3.63, 3.8) is 0 Å². The monoisotopic (exact) mass is 392 g/mol. The van der Waals surface area contributed by atoms with E-state index in [-0.39, 0.29) is 6.61 Å². The third-order valence-corrected chi connectivity index (χ3v) is 6.06. The first kappa shape index (κ1) is 23.4. The van der Waals surface area contributed by atoms with Crippen LogP contribution < -0.4 is 0 Å². The highest BCUT2D eigenvalue weighted by molar-refractivity contribution is 5.69. The van der Waals surface area contributed by atoms with Gasteiger partial charge in [-0.2, -0.15) is 0 Å². The first-order valence-electron chi connectivity index (χ1n) is 11.7. The SMILES string of the molecule is CCCCCCC(C)C(CCCC)c1ccc(/C=C/c2ccc(CO)cc2)cc1. The molecule has 1 N–H and O–H groups in total. The van der Waals surface area contributed by atoms with Crippen molar-refractivity contribution < 1.29 is 5.11 Å². The Bertz CT molecular complexity index is 696. The molecule has 2 aromatic rings. The van der Waals surface area contributed by atoms with E-state index in [1.807, 2.05) is 12.1 Å². The van der Waals surface area contributed by atoms with Gasteiger partial charge in [0, 0.05) is 0 Å². The van der Waals surface area contributed by atoms with Crippen molar-refractivity contribution in [2.45, 2.75) is 84.7 Å². The van der Waals surface area contributed by atoms with Gasteiger partial charge in [0.15, 0.2) is 0 Å². The van der Waals surface area contributed by atoms with Crippen molar-refractivity contribution in [3.8, 4) is 0 Å². The van der Waals surface area contributed by atoms with Crippen LogP contribution in [0.25, 0.3) is 12.2 Å². The second-order valence-corrected chi connectivity index (χ2v) is 8.48. The van der Waals surface area contributed by atoms with Crippen molar-refractivity contribution in [3.05, 3.63) is 70.8 Å². The van der Waals surface area contributed by atoms with Crippen molar-refractivity contribution in [1.82, 2.24) is 0 Å². The Morgan fingerprint density at radius 2 is 1.31 bits per heavy atom. The maximum Gasteiger partial charge on any atom is 0.0681 e. The van der Waals surface area contributed by atoms with Crippen LogP contribution in [0.4, 0.5) is 0 Å². The average Bonchev–Trinajstić information content (AvgIpc) is 2.76. The van der Waals surface area contributed by atoms with E-state index < -0.39 is 0 Å². The average molecular weight is 393 g/mol. The molecule has 0 aliphatic rings. The van der Waals surface area contributed by atoms with Crippen LogP contribution in [-0.2, 0) is 6.61 Å². The van der Waals surface area contributed by atoms with E-state index >= 15 is 0 Å². The lowest BCUT2D eigenvalue weighted by Gasteiger charge is -2.25. The van der Waals surface area contributed by atoms with E-state index in [9.17, 15) is 0 Å². The molecule has 0 heterocycles. The van der Waals surface area contributed by atoms with E-state index in [0.29, 0.717) is 5.92 Å². The molecule has 158 valence electrons. The molecule has 2 aromatic carbocycles. The topological polar surface area (TPSA) is 20.2 Å². The molecule has 0 aromatic heterocycles. The van der Waals surface area contributed by atoms with Crippen LogP contribution in [-0.4, -0.2) is 5.11 Å². The third-order valence-electron chi connectivity index (χ3n) is 6.06. The number of aliphatic hydroxyl groups is 1. The number of unbranched alkanes of at least 4 members (excludes halogenated alkanes) is 4. The minimum Gasteiger partial charge on any atom is -0.392 e. The molecule has 0 saturated carbocycles. The highest BCUT2D eigenvalue weighted by atomic mass is 16.3. The molecule has 0 bridgehead atoms. The molecule has 2 atom stereocenters. The van der Waals surface area contributed by atoms with E-state index in [2.05, 4.69) is 69.3 Å². The third kappa shape index (κ3) is 8.19. The number of aliphatic hydroxyl groups excluding tert-OH is 1. The first-order valence-corrected chi connectivity index (χ1v) is 11.7. The van der Waals surface area contributed by atoms with Crippen LogP contribution in [0.15, 0.2) is 48.5 Å². The van der Waals surface area contributed by atoms with Crippen molar-refractivity contribution >= 4 is 12.2 Å². The Morgan fingerprint density at radius 3 is 1.86 bits per heavy atom. The van der Waals surface area contributed by atoms with Gasteiger partial charge in [0.2, 0.25) is 0 Å². The molecular formula is C28H40O. The number of benzene rings is 2. The maximum atomic E-state index is 9.15.